The number of aryl methyl sites for hydroxylation is 1. The molecule has 0 atom stereocenters. The normalized spacial score (nSPS) is 10.7. The molecule has 2 N–H and O–H groups in total. The molecule has 0 fully saturated rings. The van der Waals surface area contributed by atoms with Crippen LogP contribution in [0.5, 0.6) is 0 Å². The Balaban J connectivity index is 1.87. The first-order valence-electron chi connectivity index (χ1n) is 5.53. The van der Waals surface area contributed by atoms with Crippen molar-refractivity contribution in [2.45, 2.75) is 6.92 Å². The molecular weight excluding hydrogens is 246 g/mol. The number of hydrogen-bond acceptors (Lipinski definition) is 3. The van der Waals surface area contributed by atoms with Crippen molar-refractivity contribution in [3.8, 4) is 0 Å². The number of anilines is 1. The largest absolute Gasteiger partial charge is 0.350 e. The standard InChI is InChI=1S/C13H11N3OS/c1-8-3-2-5-14-12(8)16-13(17)10-7-11-9(15-10)4-6-18-11/h2-7,15H,1H3,(H,14,16,17). The maximum atomic E-state index is 12.1. The third kappa shape index (κ3) is 1.89. The van der Waals surface area contributed by atoms with Crippen LogP contribution in [0, 0.1) is 6.92 Å². The molecule has 0 aliphatic rings. The van der Waals surface area contributed by atoms with Crippen LogP contribution < -0.4 is 5.32 Å². The second kappa shape index (κ2) is 4.27. The molecule has 0 unspecified atom stereocenters. The fourth-order valence-electron chi connectivity index (χ4n) is 1.76. The lowest BCUT2D eigenvalue weighted by molar-refractivity contribution is 0.102. The first-order chi connectivity index (χ1) is 8.74. The highest BCUT2D eigenvalue weighted by molar-refractivity contribution is 7.17. The van der Waals surface area contributed by atoms with Crippen LogP contribution in [0.15, 0.2) is 35.8 Å². The van der Waals surface area contributed by atoms with E-state index in [4.69, 9.17) is 0 Å². The Morgan fingerprint density at radius 2 is 2.33 bits per heavy atom. The molecular formula is C13H11N3OS. The number of amides is 1. The topological polar surface area (TPSA) is 57.8 Å². The summed E-state index contributed by atoms with van der Waals surface area (Å²) in [5, 5.41) is 4.79. The van der Waals surface area contributed by atoms with Crippen LogP contribution in [-0.2, 0) is 0 Å². The van der Waals surface area contributed by atoms with E-state index in [1.165, 1.54) is 0 Å². The second-order valence-corrected chi connectivity index (χ2v) is 4.95. The summed E-state index contributed by atoms with van der Waals surface area (Å²) in [6.07, 6.45) is 1.66. The fourth-order valence-corrected chi connectivity index (χ4v) is 2.54. The number of aromatic amines is 1. The van der Waals surface area contributed by atoms with Crippen LogP contribution in [-0.4, -0.2) is 15.9 Å². The van der Waals surface area contributed by atoms with Gasteiger partial charge in [0.25, 0.3) is 5.91 Å². The predicted octanol–water partition coefficient (Wildman–Crippen LogP) is 3.19. The Morgan fingerprint density at radius 1 is 1.44 bits per heavy atom. The second-order valence-electron chi connectivity index (χ2n) is 4.00. The number of carbonyl (C=O) groups is 1. The maximum Gasteiger partial charge on any atom is 0.273 e. The van der Waals surface area contributed by atoms with E-state index in [0.29, 0.717) is 11.5 Å². The van der Waals surface area contributed by atoms with Gasteiger partial charge >= 0.3 is 0 Å². The molecule has 1 amide bonds. The molecule has 18 heavy (non-hydrogen) atoms. The summed E-state index contributed by atoms with van der Waals surface area (Å²) in [5.74, 6) is 0.431. The third-order valence-electron chi connectivity index (χ3n) is 2.73. The summed E-state index contributed by atoms with van der Waals surface area (Å²) in [5.41, 5.74) is 2.49. The molecule has 0 aliphatic heterocycles. The third-order valence-corrected chi connectivity index (χ3v) is 3.59. The van der Waals surface area contributed by atoms with E-state index in [0.717, 1.165) is 15.8 Å². The lowest BCUT2D eigenvalue weighted by Crippen LogP contribution is -2.14. The quantitative estimate of drug-likeness (QED) is 0.740. The highest BCUT2D eigenvalue weighted by atomic mass is 32.1. The molecule has 0 spiro atoms. The molecule has 0 aromatic carbocycles. The van der Waals surface area contributed by atoms with E-state index in [1.54, 1.807) is 17.5 Å². The van der Waals surface area contributed by atoms with Gasteiger partial charge in [-0.2, -0.15) is 0 Å². The molecule has 0 radical (unpaired) electrons. The van der Waals surface area contributed by atoms with Gasteiger partial charge in [0.2, 0.25) is 0 Å². The van der Waals surface area contributed by atoms with Crippen LogP contribution in [0.25, 0.3) is 10.2 Å². The summed E-state index contributed by atoms with van der Waals surface area (Å²) in [7, 11) is 0. The van der Waals surface area contributed by atoms with Gasteiger partial charge in [-0.05, 0) is 36.1 Å². The van der Waals surface area contributed by atoms with Gasteiger partial charge in [-0.1, -0.05) is 6.07 Å². The molecule has 5 heteroatoms. The minimum atomic E-state index is -0.166. The van der Waals surface area contributed by atoms with E-state index >= 15 is 0 Å². The first-order valence-corrected chi connectivity index (χ1v) is 6.41. The molecule has 3 heterocycles. The number of aromatic nitrogens is 2. The zero-order valence-corrected chi connectivity index (χ0v) is 10.5. The Morgan fingerprint density at radius 3 is 3.11 bits per heavy atom. The van der Waals surface area contributed by atoms with Crippen molar-refractivity contribution in [2.24, 2.45) is 0 Å². The molecule has 4 nitrogen and oxygen atoms in total. The number of nitrogens with one attached hydrogen (secondary N) is 2. The minimum absolute atomic E-state index is 0.166. The van der Waals surface area contributed by atoms with E-state index in [-0.39, 0.29) is 5.91 Å². The van der Waals surface area contributed by atoms with Crippen molar-refractivity contribution in [1.82, 2.24) is 9.97 Å². The summed E-state index contributed by atoms with van der Waals surface area (Å²) < 4.78 is 1.08. The minimum Gasteiger partial charge on any atom is -0.350 e. The van der Waals surface area contributed by atoms with Crippen LogP contribution >= 0.6 is 11.3 Å². The molecule has 3 aromatic heterocycles. The monoisotopic (exact) mass is 257 g/mol. The van der Waals surface area contributed by atoms with Gasteiger partial charge in [0.1, 0.15) is 11.5 Å². The number of H-pyrrole nitrogens is 1. The number of thiophene rings is 1. The van der Waals surface area contributed by atoms with E-state index in [2.05, 4.69) is 15.3 Å². The Hall–Kier alpha value is -2.14. The van der Waals surface area contributed by atoms with E-state index in [9.17, 15) is 4.79 Å². The van der Waals surface area contributed by atoms with Crippen molar-refractivity contribution in [3.05, 3.63) is 47.1 Å². The summed E-state index contributed by atoms with van der Waals surface area (Å²) >= 11 is 1.61. The molecule has 0 saturated heterocycles. The van der Waals surface area contributed by atoms with Crippen LogP contribution in [0.4, 0.5) is 5.82 Å². The maximum absolute atomic E-state index is 12.1. The van der Waals surface area contributed by atoms with Crippen LogP contribution in [0.1, 0.15) is 16.1 Å². The molecule has 3 aromatic rings. The van der Waals surface area contributed by atoms with Crippen molar-refractivity contribution in [2.75, 3.05) is 5.32 Å². The predicted molar refractivity (Wildman–Crippen MR) is 73.1 cm³/mol. The molecule has 3 rings (SSSR count). The van der Waals surface area contributed by atoms with Gasteiger partial charge in [0.05, 0.1) is 10.2 Å². The Labute approximate surface area is 108 Å². The lowest BCUT2D eigenvalue weighted by Gasteiger charge is -2.05. The average molecular weight is 257 g/mol. The zero-order valence-electron chi connectivity index (χ0n) is 9.73. The SMILES string of the molecule is Cc1cccnc1NC(=O)c1cc2sccc2[nH]1. The zero-order chi connectivity index (χ0) is 12.5. The fraction of sp³-hybridized carbons (Fsp3) is 0.0769. The van der Waals surface area contributed by atoms with Gasteiger partial charge in [-0.15, -0.1) is 11.3 Å². The van der Waals surface area contributed by atoms with Crippen molar-refractivity contribution in [3.63, 3.8) is 0 Å². The molecule has 0 bridgehead atoms. The summed E-state index contributed by atoms with van der Waals surface area (Å²) in [6, 6.07) is 7.57. The van der Waals surface area contributed by atoms with Crippen molar-refractivity contribution < 1.29 is 4.79 Å². The average Bonchev–Trinajstić information content (AvgIpc) is 2.92. The van der Waals surface area contributed by atoms with E-state index < -0.39 is 0 Å². The Bertz CT molecular complexity index is 685. The van der Waals surface area contributed by atoms with Crippen molar-refractivity contribution in [1.29, 1.82) is 0 Å². The molecule has 90 valence electrons. The highest BCUT2D eigenvalue weighted by Gasteiger charge is 2.11. The van der Waals surface area contributed by atoms with Crippen LogP contribution in [0.2, 0.25) is 0 Å². The van der Waals surface area contributed by atoms with Gasteiger partial charge in [-0.3, -0.25) is 4.79 Å². The number of rotatable bonds is 2. The van der Waals surface area contributed by atoms with Gasteiger partial charge in [0.15, 0.2) is 0 Å². The number of pyridine rings is 1. The van der Waals surface area contributed by atoms with Crippen molar-refractivity contribution >= 4 is 33.3 Å². The highest BCUT2D eigenvalue weighted by Crippen LogP contribution is 2.22. The number of carbonyl (C=O) groups excluding carboxylic acids is 1. The number of hydrogen-bond donors (Lipinski definition) is 2. The summed E-state index contributed by atoms with van der Waals surface area (Å²) in [6.45, 7) is 1.91. The van der Waals surface area contributed by atoms with E-state index in [1.807, 2.05) is 36.6 Å². The Kier molecular flexibility index (Phi) is 2.60. The first kappa shape index (κ1) is 11.0. The van der Waals surface area contributed by atoms with Gasteiger partial charge in [0, 0.05) is 6.20 Å². The van der Waals surface area contributed by atoms with Gasteiger partial charge in [-0.25, -0.2) is 4.98 Å². The van der Waals surface area contributed by atoms with Gasteiger partial charge < -0.3 is 10.3 Å². The smallest absolute Gasteiger partial charge is 0.273 e. The molecule has 0 saturated carbocycles. The number of fused-ring (bicyclic) bond motifs is 1. The summed E-state index contributed by atoms with van der Waals surface area (Å²) in [4.78, 5) is 19.3. The number of nitrogens with zero attached hydrogens (tertiary/aromatic N) is 1. The lowest BCUT2D eigenvalue weighted by atomic mass is 10.3. The molecule has 0 aliphatic carbocycles. The van der Waals surface area contributed by atoms with Crippen LogP contribution in [0.3, 0.4) is 0 Å².